The van der Waals surface area contributed by atoms with E-state index >= 15 is 0 Å². The molecule has 1 aromatic heterocycles. The summed E-state index contributed by atoms with van der Waals surface area (Å²) < 4.78 is 12.9. The lowest BCUT2D eigenvalue weighted by Crippen LogP contribution is -2.36. The average Bonchev–Trinajstić information content (AvgIpc) is 3.42. The van der Waals surface area contributed by atoms with Gasteiger partial charge in [0.15, 0.2) is 17.5 Å². The lowest BCUT2D eigenvalue weighted by molar-refractivity contribution is 0.174. The number of ether oxygens (including phenoxy) is 2. The van der Waals surface area contributed by atoms with Crippen molar-refractivity contribution >= 4 is 5.96 Å². The van der Waals surface area contributed by atoms with Gasteiger partial charge in [0, 0.05) is 32.0 Å². The molecule has 0 saturated carbocycles. The third kappa shape index (κ3) is 5.07. The largest absolute Gasteiger partial charge is 0.454 e. The van der Waals surface area contributed by atoms with Crippen molar-refractivity contribution < 1.29 is 9.47 Å². The Morgan fingerprint density at radius 3 is 2.83 bits per heavy atom. The van der Waals surface area contributed by atoms with Crippen molar-refractivity contribution in [3.05, 3.63) is 77.9 Å². The second kappa shape index (κ2) is 9.14. The van der Waals surface area contributed by atoms with Crippen molar-refractivity contribution in [2.45, 2.75) is 26.6 Å². The van der Waals surface area contributed by atoms with Crippen LogP contribution in [0.2, 0.25) is 0 Å². The normalized spacial score (nSPS) is 12.8. The van der Waals surface area contributed by atoms with E-state index in [1.807, 2.05) is 30.7 Å². The molecule has 1 aliphatic rings. The van der Waals surface area contributed by atoms with Crippen LogP contribution in [0.15, 0.2) is 66.2 Å². The van der Waals surface area contributed by atoms with Crippen LogP contribution in [0, 0.1) is 0 Å². The molecule has 0 saturated heterocycles. The molecule has 2 heterocycles. The molecule has 0 atom stereocenters. The molecule has 4 rings (SSSR count). The maximum absolute atomic E-state index is 5.45. The first-order chi connectivity index (χ1) is 14.3. The molecule has 150 valence electrons. The zero-order valence-corrected chi connectivity index (χ0v) is 16.5. The van der Waals surface area contributed by atoms with Crippen LogP contribution in [0.25, 0.3) is 0 Å². The highest BCUT2D eigenvalue weighted by molar-refractivity contribution is 5.79. The fraction of sp³-hybridized carbons (Fsp3) is 0.273. The number of guanidine groups is 1. The third-order valence-electron chi connectivity index (χ3n) is 4.58. The van der Waals surface area contributed by atoms with E-state index < -0.39 is 0 Å². The molecule has 0 amide bonds. The lowest BCUT2D eigenvalue weighted by Gasteiger charge is -2.12. The van der Waals surface area contributed by atoms with Gasteiger partial charge in [0.25, 0.3) is 0 Å². The molecule has 0 spiro atoms. The van der Waals surface area contributed by atoms with Crippen LogP contribution in [0.3, 0.4) is 0 Å². The molecular formula is C22H25N5O2. The number of benzene rings is 2. The maximum Gasteiger partial charge on any atom is 0.231 e. The number of fused-ring (bicyclic) bond motifs is 1. The summed E-state index contributed by atoms with van der Waals surface area (Å²) in [7, 11) is 0. The molecule has 0 fully saturated rings. The number of imidazole rings is 1. The van der Waals surface area contributed by atoms with Crippen LogP contribution in [0.5, 0.6) is 11.5 Å². The van der Waals surface area contributed by atoms with Crippen molar-refractivity contribution in [1.29, 1.82) is 0 Å². The van der Waals surface area contributed by atoms with Crippen LogP contribution in [-0.2, 0) is 19.6 Å². The molecule has 7 nitrogen and oxygen atoms in total. The number of nitrogens with one attached hydrogen (secondary N) is 2. The van der Waals surface area contributed by atoms with Gasteiger partial charge in [-0.25, -0.2) is 9.98 Å². The molecule has 29 heavy (non-hydrogen) atoms. The van der Waals surface area contributed by atoms with Gasteiger partial charge in [-0.1, -0.05) is 30.3 Å². The Kier molecular flexibility index (Phi) is 5.95. The number of aromatic nitrogens is 2. The van der Waals surface area contributed by atoms with Gasteiger partial charge in [-0.15, -0.1) is 0 Å². The Labute approximate surface area is 170 Å². The topological polar surface area (TPSA) is 72.7 Å². The Morgan fingerprint density at radius 2 is 1.97 bits per heavy atom. The number of aliphatic imine (C=N–C) groups is 1. The maximum atomic E-state index is 5.45. The van der Waals surface area contributed by atoms with E-state index in [0.717, 1.165) is 36.1 Å². The van der Waals surface area contributed by atoms with Crippen LogP contribution in [0.4, 0.5) is 0 Å². The SMILES string of the molecule is CCNC(=NCc1cccc(Cn2ccnc2)c1)NCc1ccc2c(c1)OCO2. The van der Waals surface area contributed by atoms with Gasteiger partial charge in [0.05, 0.1) is 12.9 Å². The highest BCUT2D eigenvalue weighted by Crippen LogP contribution is 2.32. The first-order valence-electron chi connectivity index (χ1n) is 9.74. The number of hydrogen-bond acceptors (Lipinski definition) is 4. The predicted octanol–water partition coefficient (Wildman–Crippen LogP) is 2.92. The van der Waals surface area contributed by atoms with E-state index in [4.69, 9.17) is 14.5 Å². The summed E-state index contributed by atoms with van der Waals surface area (Å²) in [4.78, 5) is 8.82. The van der Waals surface area contributed by atoms with Crippen molar-refractivity contribution in [3.63, 3.8) is 0 Å². The molecule has 1 aliphatic heterocycles. The lowest BCUT2D eigenvalue weighted by atomic mass is 10.1. The molecule has 0 radical (unpaired) electrons. The summed E-state index contributed by atoms with van der Waals surface area (Å²) >= 11 is 0. The Morgan fingerprint density at radius 1 is 1.07 bits per heavy atom. The molecule has 0 aliphatic carbocycles. The summed E-state index contributed by atoms with van der Waals surface area (Å²) in [5.41, 5.74) is 3.51. The van der Waals surface area contributed by atoms with Crippen LogP contribution < -0.4 is 20.1 Å². The second-order valence-electron chi connectivity index (χ2n) is 6.79. The highest BCUT2D eigenvalue weighted by atomic mass is 16.7. The standard InChI is InChI=1S/C22H25N5O2/c1-2-24-22(26-13-18-6-7-20-21(11-18)29-16-28-20)25-12-17-4-3-5-19(10-17)14-27-9-8-23-15-27/h3-11,15H,2,12-14,16H2,1H3,(H2,24,25,26). The van der Waals surface area contributed by atoms with Gasteiger partial charge >= 0.3 is 0 Å². The molecule has 7 heteroatoms. The Bertz CT molecular complexity index is 969. The van der Waals surface area contributed by atoms with Gasteiger partial charge in [-0.3, -0.25) is 0 Å². The summed E-state index contributed by atoms with van der Waals surface area (Å²) in [5, 5.41) is 6.68. The van der Waals surface area contributed by atoms with Gasteiger partial charge in [-0.05, 0) is 35.7 Å². The van der Waals surface area contributed by atoms with E-state index in [9.17, 15) is 0 Å². The molecule has 3 aromatic rings. The fourth-order valence-corrected chi connectivity index (χ4v) is 3.17. The summed E-state index contributed by atoms with van der Waals surface area (Å²) in [5.74, 6) is 2.37. The monoisotopic (exact) mass is 391 g/mol. The van der Waals surface area contributed by atoms with Gasteiger partial charge in [0.1, 0.15) is 0 Å². The zero-order valence-electron chi connectivity index (χ0n) is 16.5. The van der Waals surface area contributed by atoms with E-state index in [1.54, 1.807) is 6.20 Å². The first kappa shape index (κ1) is 18.9. The minimum atomic E-state index is 0.288. The number of rotatable bonds is 7. The van der Waals surface area contributed by atoms with Crippen LogP contribution in [-0.4, -0.2) is 28.8 Å². The second-order valence-corrected chi connectivity index (χ2v) is 6.79. The minimum absolute atomic E-state index is 0.288. The van der Waals surface area contributed by atoms with E-state index in [-0.39, 0.29) is 6.79 Å². The molecule has 2 N–H and O–H groups in total. The van der Waals surface area contributed by atoms with Crippen molar-refractivity contribution in [1.82, 2.24) is 20.2 Å². The molecule has 0 unspecified atom stereocenters. The Hall–Kier alpha value is -3.48. The first-order valence-corrected chi connectivity index (χ1v) is 9.74. The van der Waals surface area contributed by atoms with Gasteiger partial charge < -0.3 is 24.7 Å². The summed E-state index contributed by atoms with van der Waals surface area (Å²) in [6, 6.07) is 14.4. The van der Waals surface area contributed by atoms with Gasteiger partial charge in [-0.2, -0.15) is 0 Å². The third-order valence-corrected chi connectivity index (χ3v) is 4.58. The van der Waals surface area contributed by atoms with Crippen molar-refractivity contribution in [3.8, 4) is 11.5 Å². The van der Waals surface area contributed by atoms with Crippen molar-refractivity contribution in [2.24, 2.45) is 4.99 Å². The molecule has 2 aromatic carbocycles. The number of nitrogens with zero attached hydrogens (tertiary/aromatic N) is 3. The van der Waals surface area contributed by atoms with E-state index in [2.05, 4.69) is 51.4 Å². The zero-order chi connectivity index (χ0) is 19.9. The minimum Gasteiger partial charge on any atom is -0.454 e. The highest BCUT2D eigenvalue weighted by Gasteiger charge is 2.13. The summed E-state index contributed by atoms with van der Waals surface area (Å²) in [6.07, 6.45) is 5.59. The van der Waals surface area contributed by atoms with Crippen LogP contribution >= 0.6 is 0 Å². The van der Waals surface area contributed by atoms with Gasteiger partial charge in [0.2, 0.25) is 6.79 Å². The fourth-order valence-electron chi connectivity index (χ4n) is 3.17. The molecule has 0 bridgehead atoms. The van der Waals surface area contributed by atoms with Crippen molar-refractivity contribution in [2.75, 3.05) is 13.3 Å². The smallest absolute Gasteiger partial charge is 0.231 e. The van der Waals surface area contributed by atoms with E-state index in [1.165, 1.54) is 11.1 Å². The average molecular weight is 391 g/mol. The number of hydrogen-bond donors (Lipinski definition) is 2. The Balaban J connectivity index is 1.38. The van der Waals surface area contributed by atoms with Crippen LogP contribution in [0.1, 0.15) is 23.6 Å². The molecular weight excluding hydrogens is 366 g/mol. The van der Waals surface area contributed by atoms with E-state index in [0.29, 0.717) is 13.1 Å². The quantitative estimate of drug-likeness (QED) is 0.479. The summed E-state index contributed by atoms with van der Waals surface area (Å²) in [6.45, 7) is 5.21. The predicted molar refractivity (Wildman–Crippen MR) is 112 cm³/mol.